The van der Waals surface area contributed by atoms with Crippen LogP contribution in [0.5, 0.6) is 0 Å². The Morgan fingerprint density at radius 3 is 2.71 bits per heavy atom. The molecule has 0 saturated heterocycles. The van der Waals surface area contributed by atoms with E-state index in [2.05, 4.69) is 31.0 Å². The highest BCUT2D eigenvalue weighted by Crippen LogP contribution is 2.22. The number of carbonyl (C=O) groups excluding carboxylic acids is 1. The molecule has 2 heterocycles. The number of nitrogens with one attached hydrogen (secondary N) is 3. The summed E-state index contributed by atoms with van der Waals surface area (Å²) in [6.45, 7) is 5.04. The Morgan fingerprint density at radius 2 is 2.03 bits per heavy atom. The van der Waals surface area contributed by atoms with E-state index in [0.717, 1.165) is 6.07 Å². The molecule has 0 atom stereocenters. The number of aryl methyl sites for hydroxylation is 1. The second kappa shape index (κ2) is 10.4. The summed E-state index contributed by atoms with van der Waals surface area (Å²) in [6.07, 6.45) is 1.96. The molecule has 0 aliphatic carbocycles. The van der Waals surface area contributed by atoms with Gasteiger partial charge in [0.05, 0.1) is 11.9 Å². The number of carbonyl (C=O) groups is 1. The van der Waals surface area contributed by atoms with Crippen LogP contribution in [0.4, 0.5) is 14.6 Å². The van der Waals surface area contributed by atoms with Gasteiger partial charge in [-0.15, -0.1) is 0 Å². The van der Waals surface area contributed by atoms with Crippen molar-refractivity contribution in [2.75, 3.05) is 25.1 Å². The van der Waals surface area contributed by atoms with Gasteiger partial charge in [0.15, 0.2) is 5.82 Å². The van der Waals surface area contributed by atoms with E-state index in [4.69, 9.17) is 9.26 Å². The molecule has 1 amide bonds. The summed E-state index contributed by atoms with van der Waals surface area (Å²) in [6, 6.07) is 4.69. The van der Waals surface area contributed by atoms with Gasteiger partial charge < -0.3 is 14.6 Å². The Balaban J connectivity index is 1.74. The maximum absolute atomic E-state index is 13.5. The monoisotopic (exact) mass is 432 g/mol. The van der Waals surface area contributed by atoms with Crippen LogP contribution in [0.3, 0.4) is 0 Å². The number of ether oxygens (including phenoxy) is 1. The van der Waals surface area contributed by atoms with Crippen LogP contribution < -0.4 is 10.6 Å². The normalized spacial score (nSPS) is 11.5. The van der Waals surface area contributed by atoms with Gasteiger partial charge in [-0.3, -0.25) is 20.2 Å². The highest BCUT2D eigenvalue weighted by Gasteiger charge is 2.16. The Hall–Kier alpha value is -3.60. The van der Waals surface area contributed by atoms with Crippen LogP contribution >= 0.6 is 0 Å². The predicted molar refractivity (Wildman–Crippen MR) is 110 cm³/mol. The third-order valence-corrected chi connectivity index (χ3v) is 4.15. The van der Waals surface area contributed by atoms with Crippen LogP contribution in [-0.4, -0.2) is 47.0 Å². The van der Waals surface area contributed by atoms with E-state index in [-0.39, 0.29) is 17.1 Å². The number of hydrogen-bond donors (Lipinski definition) is 3. The zero-order valence-electron chi connectivity index (χ0n) is 17.0. The van der Waals surface area contributed by atoms with E-state index < -0.39 is 17.5 Å². The van der Waals surface area contributed by atoms with Crippen LogP contribution in [-0.2, 0) is 4.74 Å². The molecule has 3 aromatic rings. The molecule has 11 heteroatoms. The summed E-state index contributed by atoms with van der Waals surface area (Å²) in [7, 11) is 0. The molecule has 2 aromatic heterocycles. The van der Waals surface area contributed by atoms with Crippen molar-refractivity contribution >= 4 is 17.7 Å². The smallest absolute Gasteiger partial charge is 0.263 e. The fraction of sp³-hybridized carbons (Fsp3) is 0.300. The third-order valence-electron chi connectivity index (χ3n) is 4.15. The first-order valence-corrected chi connectivity index (χ1v) is 9.60. The van der Waals surface area contributed by atoms with Crippen molar-refractivity contribution in [1.29, 1.82) is 0 Å². The average Bonchev–Trinajstić information content (AvgIpc) is 3.36. The number of hydrogen-bond acceptors (Lipinski definition) is 6. The highest BCUT2D eigenvalue weighted by molar-refractivity contribution is 6.10. The number of benzene rings is 1. The van der Waals surface area contributed by atoms with Gasteiger partial charge in [0, 0.05) is 37.5 Å². The molecule has 0 fully saturated rings. The lowest BCUT2D eigenvalue weighted by Crippen LogP contribution is -2.36. The van der Waals surface area contributed by atoms with Crippen molar-refractivity contribution < 1.29 is 22.8 Å². The average molecular weight is 432 g/mol. The van der Waals surface area contributed by atoms with Gasteiger partial charge in [-0.1, -0.05) is 5.16 Å². The molecule has 3 rings (SSSR count). The van der Waals surface area contributed by atoms with E-state index in [0.29, 0.717) is 43.5 Å². The van der Waals surface area contributed by atoms with Gasteiger partial charge in [-0.05, 0) is 32.4 Å². The summed E-state index contributed by atoms with van der Waals surface area (Å²) in [5.74, 6) is -1.06. The zero-order chi connectivity index (χ0) is 22.2. The van der Waals surface area contributed by atoms with Crippen LogP contribution in [0.15, 0.2) is 40.0 Å². The molecule has 0 spiro atoms. The number of anilines is 1. The van der Waals surface area contributed by atoms with Crippen molar-refractivity contribution in [2.24, 2.45) is 4.99 Å². The minimum atomic E-state index is -0.702. The summed E-state index contributed by atoms with van der Waals surface area (Å²) >= 11 is 0. The molecule has 0 aliphatic heterocycles. The number of rotatable bonds is 8. The van der Waals surface area contributed by atoms with E-state index in [1.165, 1.54) is 18.3 Å². The third kappa shape index (κ3) is 6.19. The first-order chi connectivity index (χ1) is 15.0. The lowest BCUT2D eigenvalue weighted by Gasteiger charge is -2.09. The van der Waals surface area contributed by atoms with Crippen LogP contribution in [0.25, 0.3) is 11.3 Å². The van der Waals surface area contributed by atoms with E-state index in [1.54, 1.807) is 13.0 Å². The number of halogens is 2. The second-order valence-corrected chi connectivity index (χ2v) is 6.48. The number of aromatic nitrogens is 3. The number of guanidine groups is 1. The molecular weight excluding hydrogens is 410 g/mol. The topological polar surface area (TPSA) is 117 Å². The molecular formula is C20H22F2N6O3. The molecule has 0 aliphatic rings. The molecule has 3 N–H and O–H groups in total. The first kappa shape index (κ1) is 22.1. The van der Waals surface area contributed by atoms with Gasteiger partial charge in [0.25, 0.3) is 5.91 Å². The van der Waals surface area contributed by atoms with Crippen molar-refractivity contribution in [2.45, 2.75) is 20.3 Å². The van der Waals surface area contributed by atoms with Crippen LogP contribution in [0.1, 0.15) is 29.5 Å². The van der Waals surface area contributed by atoms with Crippen molar-refractivity contribution in [1.82, 2.24) is 20.7 Å². The Labute approximate surface area is 176 Å². The molecule has 0 unspecified atom stereocenters. The fourth-order valence-electron chi connectivity index (χ4n) is 2.67. The second-order valence-electron chi connectivity index (χ2n) is 6.48. The Morgan fingerprint density at radius 1 is 1.26 bits per heavy atom. The fourth-order valence-corrected chi connectivity index (χ4v) is 2.67. The van der Waals surface area contributed by atoms with Crippen molar-refractivity contribution in [3.05, 3.63) is 53.4 Å². The standard InChI is InChI=1S/C20H22F2N6O3/c1-3-30-6-4-5-23-20(26-19(29)16-11-24-31-12(16)2)25-18-10-17(27-28-18)13-7-14(21)9-15(22)8-13/h7-11H,3-6H2,1-2H3,(H3,23,25,26,27,28,29). The summed E-state index contributed by atoms with van der Waals surface area (Å²) < 4.78 is 37.2. The van der Waals surface area contributed by atoms with Gasteiger partial charge in [-0.2, -0.15) is 5.10 Å². The SMILES string of the molecule is CCOCCCN=C(NC(=O)c1cnoc1C)Nc1cc(-c2cc(F)cc(F)c2)[nH]n1. The summed E-state index contributed by atoms with van der Waals surface area (Å²) in [5, 5.41) is 15.9. The number of aromatic amines is 1. The quantitative estimate of drug-likeness (QED) is 0.286. The minimum Gasteiger partial charge on any atom is -0.382 e. The van der Waals surface area contributed by atoms with Gasteiger partial charge in [0.2, 0.25) is 5.96 Å². The lowest BCUT2D eigenvalue weighted by atomic mass is 10.1. The molecule has 0 radical (unpaired) electrons. The van der Waals surface area contributed by atoms with Crippen molar-refractivity contribution in [3.63, 3.8) is 0 Å². The summed E-state index contributed by atoms with van der Waals surface area (Å²) in [5.41, 5.74) is 0.942. The zero-order valence-corrected chi connectivity index (χ0v) is 17.0. The number of amides is 1. The largest absolute Gasteiger partial charge is 0.382 e. The van der Waals surface area contributed by atoms with Crippen LogP contribution in [0.2, 0.25) is 0 Å². The number of aliphatic imine (C=N–C) groups is 1. The Bertz CT molecular complexity index is 1040. The van der Waals surface area contributed by atoms with E-state index >= 15 is 0 Å². The van der Waals surface area contributed by atoms with Crippen molar-refractivity contribution in [3.8, 4) is 11.3 Å². The van der Waals surface area contributed by atoms with Gasteiger partial charge in [0.1, 0.15) is 23.0 Å². The predicted octanol–water partition coefficient (Wildman–Crippen LogP) is 3.28. The minimum absolute atomic E-state index is 0.144. The van der Waals surface area contributed by atoms with Gasteiger partial charge >= 0.3 is 0 Å². The Kier molecular flexibility index (Phi) is 7.44. The number of nitrogens with zero attached hydrogens (tertiary/aromatic N) is 3. The lowest BCUT2D eigenvalue weighted by molar-refractivity contribution is 0.0975. The number of H-pyrrole nitrogens is 1. The maximum Gasteiger partial charge on any atom is 0.263 e. The van der Waals surface area contributed by atoms with E-state index in [9.17, 15) is 13.6 Å². The molecule has 1 aromatic carbocycles. The highest BCUT2D eigenvalue weighted by atomic mass is 19.1. The molecule has 31 heavy (non-hydrogen) atoms. The summed E-state index contributed by atoms with van der Waals surface area (Å²) in [4.78, 5) is 16.8. The van der Waals surface area contributed by atoms with E-state index in [1.807, 2.05) is 6.92 Å². The molecule has 9 nitrogen and oxygen atoms in total. The maximum atomic E-state index is 13.5. The van der Waals surface area contributed by atoms with Gasteiger partial charge in [-0.25, -0.2) is 8.78 Å². The molecule has 0 bridgehead atoms. The van der Waals surface area contributed by atoms with Crippen LogP contribution in [0, 0.1) is 18.6 Å². The first-order valence-electron chi connectivity index (χ1n) is 9.60. The molecule has 0 saturated carbocycles. The molecule has 164 valence electrons.